The highest BCUT2D eigenvalue weighted by atomic mass is 28.2. The number of hydrogen-bond donors (Lipinski definition) is 1. The molecule has 11 heavy (non-hydrogen) atoms. The summed E-state index contributed by atoms with van der Waals surface area (Å²) >= 11 is 0. The van der Waals surface area contributed by atoms with Gasteiger partial charge in [0.25, 0.3) is 6.29 Å². The molecule has 0 saturated heterocycles. The molecule has 1 atom stereocenters. The van der Waals surface area contributed by atoms with E-state index in [2.05, 4.69) is 0 Å². The summed E-state index contributed by atoms with van der Waals surface area (Å²) in [5.74, 6) is 0.958. The molecule has 0 aliphatic carbocycles. The van der Waals surface area contributed by atoms with Gasteiger partial charge in [-0.25, -0.2) is 0 Å². The molecule has 0 saturated carbocycles. The van der Waals surface area contributed by atoms with Crippen LogP contribution in [0.1, 0.15) is 0 Å². The van der Waals surface area contributed by atoms with Gasteiger partial charge in [0, 0.05) is 6.08 Å². The Balaban J connectivity index is 2.86. The van der Waals surface area contributed by atoms with Crippen molar-refractivity contribution in [2.24, 2.45) is 0 Å². The van der Waals surface area contributed by atoms with E-state index in [9.17, 15) is 5.11 Å². The molecule has 0 aromatic rings. The summed E-state index contributed by atoms with van der Waals surface area (Å²) in [7, 11) is 1.09. The van der Waals surface area contributed by atoms with Crippen molar-refractivity contribution in [3.63, 3.8) is 0 Å². The molecule has 1 aliphatic heterocycles. The summed E-state index contributed by atoms with van der Waals surface area (Å²) in [4.78, 5) is 0. The number of hydrogen-bond acceptors (Lipinski definition) is 4. The monoisotopic (exact) mass is 190 g/mol. The van der Waals surface area contributed by atoms with Crippen LogP contribution in [0.4, 0.5) is 0 Å². The van der Waals surface area contributed by atoms with Crippen LogP contribution in [-0.4, -0.2) is 32.4 Å². The number of ether oxygens (including phenoxy) is 1. The second-order valence-corrected chi connectivity index (χ2v) is 2.74. The summed E-state index contributed by atoms with van der Waals surface area (Å²) in [5.41, 5.74) is 0. The third kappa shape index (κ3) is 1.64. The third-order valence-electron chi connectivity index (χ3n) is 1.33. The summed E-state index contributed by atoms with van der Waals surface area (Å²) < 4.78 is 14.8. The van der Waals surface area contributed by atoms with Crippen LogP contribution in [0, 0.1) is 0 Å². The molecule has 1 N–H and O–H groups in total. The van der Waals surface area contributed by atoms with Crippen molar-refractivity contribution < 1.29 is 18.7 Å². The zero-order chi connectivity index (χ0) is 8.27. The van der Waals surface area contributed by atoms with Crippen molar-refractivity contribution in [2.75, 3.05) is 0 Å². The third-order valence-corrected chi connectivity index (χ3v) is 2.21. The van der Waals surface area contributed by atoms with Crippen molar-refractivity contribution >= 4 is 21.0 Å². The molecule has 0 bridgehead atoms. The second-order valence-electron chi connectivity index (χ2n) is 1.93. The Morgan fingerprint density at radius 2 is 2.18 bits per heavy atom. The van der Waals surface area contributed by atoms with Crippen LogP contribution in [0.15, 0.2) is 23.9 Å². The van der Waals surface area contributed by atoms with Crippen molar-refractivity contribution in [2.45, 2.75) is 6.29 Å². The molecule has 0 spiro atoms. The number of aliphatic hydroxyl groups is 1. The smallest absolute Gasteiger partial charge is 0.257 e. The largest absolute Gasteiger partial charge is 0.551 e. The van der Waals surface area contributed by atoms with Crippen LogP contribution in [0.3, 0.4) is 0 Å². The average Bonchev–Trinajstić information content (AvgIpc) is 2.04. The van der Waals surface area contributed by atoms with Gasteiger partial charge < -0.3 is 18.7 Å². The van der Waals surface area contributed by atoms with Crippen LogP contribution in [0.5, 0.6) is 0 Å². The van der Waals surface area contributed by atoms with E-state index >= 15 is 0 Å². The highest BCUT2D eigenvalue weighted by Crippen LogP contribution is 2.17. The summed E-state index contributed by atoms with van der Waals surface area (Å²) in [6.07, 6.45) is 2.02. The van der Waals surface area contributed by atoms with E-state index in [1.165, 1.54) is 6.26 Å². The van der Waals surface area contributed by atoms with E-state index in [0.29, 0.717) is 32.5 Å². The molecular formula is C5H10O4Si2. The van der Waals surface area contributed by atoms with Crippen LogP contribution < -0.4 is 0 Å². The second kappa shape index (κ2) is 3.60. The predicted octanol–water partition coefficient (Wildman–Crippen LogP) is -2.35. The van der Waals surface area contributed by atoms with E-state index in [4.69, 9.17) is 13.6 Å². The minimum atomic E-state index is -0.999. The van der Waals surface area contributed by atoms with Crippen molar-refractivity contribution in [3.05, 3.63) is 23.9 Å². The molecule has 0 aromatic carbocycles. The Morgan fingerprint density at radius 1 is 1.45 bits per heavy atom. The first-order chi connectivity index (χ1) is 5.29. The quantitative estimate of drug-likeness (QED) is 0.496. The Bertz CT molecular complexity index is 201. The molecule has 6 heteroatoms. The Hall–Kier alpha value is -0.726. The number of rotatable bonds is 2. The van der Waals surface area contributed by atoms with Gasteiger partial charge in [-0.1, -0.05) is 0 Å². The zero-order valence-electron chi connectivity index (χ0n) is 6.40. The lowest BCUT2D eigenvalue weighted by Crippen LogP contribution is -2.19. The van der Waals surface area contributed by atoms with E-state index in [-0.39, 0.29) is 0 Å². The van der Waals surface area contributed by atoms with Crippen molar-refractivity contribution in [1.82, 2.24) is 0 Å². The van der Waals surface area contributed by atoms with E-state index in [1.54, 1.807) is 6.08 Å². The first-order valence-corrected chi connectivity index (χ1v) is 4.75. The SMILES string of the molecule is OC1OC=CC(O[SiH3])=C1O[SiH3]. The van der Waals surface area contributed by atoms with Crippen LogP contribution >= 0.6 is 0 Å². The summed E-state index contributed by atoms with van der Waals surface area (Å²) in [5, 5.41) is 9.17. The van der Waals surface area contributed by atoms with Gasteiger partial charge in [0.2, 0.25) is 21.0 Å². The van der Waals surface area contributed by atoms with Crippen molar-refractivity contribution in [3.8, 4) is 0 Å². The fourth-order valence-corrected chi connectivity index (χ4v) is 1.55. The maximum absolute atomic E-state index is 9.17. The Morgan fingerprint density at radius 3 is 2.64 bits per heavy atom. The first kappa shape index (κ1) is 8.37. The van der Waals surface area contributed by atoms with Crippen molar-refractivity contribution in [1.29, 1.82) is 0 Å². The molecule has 0 aromatic heterocycles. The van der Waals surface area contributed by atoms with Gasteiger partial charge in [-0.3, -0.25) is 0 Å². The predicted molar refractivity (Wildman–Crippen MR) is 45.3 cm³/mol. The van der Waals surface area contributed by atoms with E-state index in [1.807, 2.05) is 0 Å². The lowest BCUT2D eigenvalue weighted by molar-refractivity contribution is -0.0504. The molecule has 0 amide bonds. The maximum Gasteiger partial charge on any atom is 0.257 e. The van der Waals surface area contributed by atoms with Gasteiger partial charge in [0.1, 0.15) is 5.76 Å². The summed E-state index contributed by atoms with van der Waals surface area (Å²) in [6.45, 7) is 0. The van der Waals surface area contributed by atoms with Gasteiger partial charge >= 0.3 is 0 Å². The average molecular weight is 190 g/mol. The highest BCUT2D eigenvalue weighted by Gasteiger charge is 2.19. The summed E-state index contributed by atoms with van der Waals surface area (Å²) in [6, 6.07) is 0. The molecule has 1 heterocycles. The zero-order valence-corrected chi connectivity index (χ0v) is 10.4. The normalized spacial score (nSPS) is 23.5. The number of aliphatic hydroxyl groups excluding tert-OH is 1. The molecule has 0 fully saturated rings. The molecular weight excluding hydrogens is 180 g/mol. The lowest BCUT2D eigenvalue weighted by Gasteiger charge is -2.20. The van der Waals surface area contributed by atoms with E-state index in [0.717, 1.165) is 0 Å². The molecule has 1 rings (SSSR count). The standard InChI is InChI=1S/C5H10O4Si2/c6-5-4(9-11)3(8-10)1-2-7-5/h1-2,5-6H,10-11H3. The topological polar surface area (TPSA) is 47.9 Å². The molecule has 1 aliphatic rings. The Labute approximate surface area is 70.5 Å². The van der Waals surface area contributed by atoms with Crippen LogP contribution in [-0.2, 0) is 13.6 Å². The Kier molecular flexibility index (Phi) is 2.74. The fourth-order valence-electron chi connectivity index (χ4n) is 0.811. The lowest BCUT2D eigenvalue weighted by atomic mass is 10.3. The van der Waals surface area contributed by atoms with Crippen LogP contribution in [0.25, 0.3) is 0 Å². The minimum Gasteiger partial charge on any atom is -0.551 e. The van der Waals surface area contributed by atoms with Gasteiger partial charge in [-0.05, 0) is 0 Å². The molecule has 0 radical (unpaired) electrons. The van der Waals surface area contributed by atoms with Gasteiger partial charge in [-0.15, -0.1) is 0 Å². The van der Waals surface area contributed by atoms with Gasteiger partial charge in [0.15, 0.2) is 5.76 Å². The van der Waals surface area contributed by atoms with Gasteiger partial charge in [0.05, 0.1) is 6.26 Å². The molecule has 62 valence electrons. The van der Waals surface area contributed by atoms with Crippen LogP contribution in [0.2, 0.25) is 0 Å². The molecule has 1 unspecified atom stereocenters. The molecule has 4 nitrogen and oxygen atoms in total. The first-order valence-electron chi connectivity index (χ1n) is 3.12. The fraction of sp³-hybridized carbons (Fsp3) is 0.200. The maximum atomic E-state index is 9.17. The minimum absolute atomic E-state index is 0.383. The highest BCUT2D eigenvalue weighted by molar-refractivity contribution is 6.00. The number of allylic oxidation sites excluding steroid dienone is 1. The van der Waals surface area contributed by atoms with Gasteiger partial charge in [-0.2, -0.15) is 0 Å². The van der Waals surface area contributed by atoms with E-state index < -0.39 is 6.29 Å².